The predicted molar refractivity (Wildman–Crippen MR) is 81.7 cm³/mol. The third-order valence-corrected chi connectivity index (χ3v) is 4.67. The first kappa shape index (κ1) is 14.5. The molecular formula is C17H28N2. The van der Waals surface area contributed by atoms with E-state index in [1.54, 1.807) is 0 Å². The Hall–Kier alpha value is -0.860. The van der Waals surface area contributed by atoms with Crippen LogP contribution in [0.1, 0.15) is 57.4 Å². The zero-order chi connectivity index (χ0) is 13.7. The fraction of sp³-hybridized carbons (Fsp3) is 0.647. The zero-order valence-electron chi connectivity index (χ0n) is 12.3. The first-order chi connectivity index (χ1) is 9.26. The summed E-state index contributed by atoms with van der Waals surface area (Å²) in [4.78, 5) is 0. The van der Waals surface area contributed by atoms with Crippen molar-refractivity contribution >= 4 is 0 Å². The van der Waals surface area contributed by atoms with Gasteiger partial charge in [-0.25, -0.2) is 0 Å². The Labute approximate surface area is 117 Å². The van der Waals surface area contributed by atoms with Crippen LogP contribution in [0.5, 0.6) is 0 Å². The van der Waals surface area contributed by atoms with Gasteiger partial charge in [-0.1, -0.05) is 63.4 Å². The van der Waals surface area contributed by atoms with Crippen molar-refractivity contribution < 1.29 is 0 Å². The van der Waals surface area contributed by atoms with Gasteiger partial charge in [0.1, 0.15) is 0 Å². The molecule has 106 valence electrons. The zero-order valence-corrected chi connectivity index (χ0v) is 12.3. The van der Waals surface area contributed by atoms with Gasteiger partial charge >= 0.3 is 0 Å². The molecule has 2 nitrogen and oxygen atoms in total. The standard InChI is InChI=1S/C17H28N2/c1-3-13(2)17(15-7-5-4-6-8-15)16(19-18)12-11-14-9-10-14/h4-8,13-14,16-17,19H,3,9-12,18H2,1-2H3. The van der Waals surface area contributed by atoms with E-state index >= 15 is 0 Å². The third-order valence-electron chi connectivity index (χ3n) is 4.67. The second-order valence-electron chi connectivity index (χ2n) is 6.12. The largest absolute Gasteiger partial charge is 0.271 e. The highest BCUT2D eigenvalue weighted by molar-refractivity contribution is 5.22. The molecule has 1 aromatic carbocycles. The topological polar surface area (TPSA) is 38.0 Å². The molecule has 3 unspecified atom stereocenters. The lowest BCUT2D eigenvalue weighted by atomic mass is 9.78. The first-order valence-electron chi connectivity index (χ1n) is 7.77. The first-order valence-corrected chi connectivity index (χ1v) is 7.77. The third kappa shape index (κ3) is 4.05. The highest BCUT2D eigenvalue weighted by Crippen LogP contribution is 2.37. The molecule has 0 saturated heterocycles. The number of nitrogens with one attached hydrogen (secondary N) is 1. The molecule has 1 saturated carbocycles. The Kier molecular flexibility index (Phi) is 5.41. The molecule has 2 rings (SSSR count). The van der Waals surface area contributed by atoms with Gasteiger partial charge in [0.2, 0.25) is 0 Å². The van der Waals surface area contributed by atoms with E-state index in [4.69, 9.17) is 5.84 Å². The van der Waals surface area contributed by atoms with Crippen molar-refractivity contribution in [3.05, 3.63) is 35.9 Å². The van der Waals surface area contributed by atoms with Gasteiger partial charge in [-0.05, 0) is 30.2 Å². The quantitative estimate of drug-likeness (QED) is 0.550. The monoisotopic (exact) mass is 260 g/mol. The molecule has 3 N–H and O–H groups in total. The SMILES string of the molecule is CCC(C)C(c1ccccc1)C(CCC1CC1)NN. The van der Waals surface area contributed by atoms with Crippen molar-refractivity contribution in [1.82, 2.24) is 5.43 Å². The molecule has 1 aliphatic rings. The molecule has 0 radical (unpaired) electrons. The van der Waals surface area contributed by atoms with E-state index in [9.17, 15) is 0 Å². The number of hydrazine groups is 1. The molecule has 1 aliphatic carbocycles. The molecule has 0 heterocycles. The van der Waals surface area contributed by atoms with E-state index in [1.807, 2.05) is 0 Å². The lowest BCUT2D eigenvalue weighted by Crippen LogP contribution is -2.42. The molecule has 3 atom stereocenters. The minimum absolute atomic E-state index is 0.401. The van der Waals surface area contributed by atoms with E-state index in [-0.39, 0.29) is 0 Å². The fourth-order valence-corrected chi connectivity index (χ4v) is 3.07. The molecule has 2 heteroatoms. The van der Waals surface area contributed by atoms with Gasteiger partial charge in [0, 0.05) is 12.0 Å². The Balaban J connectivity index is 2.09. The molecule has 0 aromatic heterocycles. The summed E-state index contributed by atoms with van der Waals surface area (Å²) in [6, 6.07) is 11.3. The van der Waals surface area contributed by atoms with Crippen molar-refractivity contribution in [1.29, 1.82) is 0 Å². The van der Waals surface area contributed by atoms with Gasteiger partial charge in [-0.2, -0.15) is 0 Å². The number of nitrogens with two attached hydrogens (primary N) is 1. The van der Waals surface area contributed by atoms with Gasteiger partial charge in [0.15, 0.2) is 0 Å². The lowest BCUT2D eigenvalue weighted by molar-refractivity contribution is 0.315. The van der Waals surface area contributed by atoms with E-state index in [0.29, 0.717) is 17.9 Å². The van der Waals surface area contributed by atoms with Crippen molar-refractivity contribution in [2.45, 2.75) is 57.9 Å². The fourth-order valence-electron chi connectivity index (χ4n) is 3.07. The summed E-state index contributed by atoms with van der Waals surface area (Å²) in [6.07, 6.45) is 6.58. The molecule has 19 heavy (non-hydrogen) atoms. The molecule has 0 aliphatic heterocycles. The number of benzene rings is 1. The van der Waals surface area contributed by atoms with Crippen molar-refractivity contribution in [3.8, 4) is 0 Å². The van der Waals surface area contributed by atoms with Crippen LogP contribution in [0.4, 0.5) is 0 Å². The highest BCUT2D eigenvalue weighted by atomic mass is 15.2. The maximum absolute atomic E-state index is 5.86. The van der Waals surface area contributed by atoms with E-state index in [0.717, 1.165) is 5.92 Å². The lowest BCUT2D eigenvalue weighted by Gasteiger charge is -2.31. The van der Waals surface area contributed by atoms with Gasteiger partial charge in [-0.3, -0.25) is 11.3 Å². The maximum Gasteiger partial charge on any atom is 0.0281 e. The second-order valence-corrected chi connectivity index (χ2v) is 6.12. The molecule has 1 fully saturated rings. The van der Waals surface area contributed by atoms with Crippen molar-refractivity contribution in [2.24, 2.45) is 17.7 Å². The highest BCUT2D eigenvalue weighted by Gasteiger charge is 2.29. The summed E-state index contributed by atoms with van der Waals surface area (Å²) >= 11 is 0. The normalized spacial score (nSPS) is 19.9. The summed E-state index contributed by atoms with van der Waals surface area (Å²) in [5, 5.41) is 0. The predicted octanol–water partition coefficient (Wildman–Crippen LogP) is 3.84. The van der Waals surface area contributed by atoms with Gasteiger partial charge in [0.25, 0.3) is 0 Å². The van der Waals surface area contributed by atoms with Crippen LogP contribution in [0, 0.1) is 11.8 Å². The number of hydrogen-bond acceptors (Lipinski definition) is 2. The van der Waals surface area contributed by atoms with Gasteiger partial charge in [-0.15, -0.1) is 0 Å². The van der Waals surface area contributed by atoms with Crippen LogP contribution in [-0.4, -0.2) is 6.04 Å². The Morgan fingerprint density at radius 1 is 1.26 bits per heavy atom. The van der Waals surface area contributed by atoms with E-state index in [2.05, 4.69) is 49.6 Å². The Morgan fingerprint density at radius 3 is 2.47 bits per heavy atom. The molecule has 0 spiro atoms. The average molecular weight is 260 g/mol. The van der Waals surface area contributed by atoms with Crippen LogP contribution in [0.25, 0.3) is 0 Å². The van der Waals surface area contributed by atoms with Crippen LogP contribution >= 0.6 is 0 Å². The van der Waals surface area contributed by atoms with Gasteiger partial charge < -0.3 is 0 Å². The minimum Gasteiger partial charge on any atom is -0.271 e. The average Bonchev–Trinajstić information content (AvgIpc) is 3.27. The van der Waals surface area contributed by atoms with Crippen LogP contribution in [-0.2, 0) is 0 Å². The van der Waals surface area contributed by atoms with Crippen LogP contribution in [0.3, 0.4) is 0 Å². The van der Waals surface area contributed by atoms with Crippen LogP contribution in [0.15, 0.2) is 30.3 Å². The molecule has 0 amide bonds. The summed E-state index contributed by atoms with van der Waals surface area (Å²) in [7, 11) is 0. The maximum atomic E-state index is 5.86. The van der Waals surface area contributed by atoms with Gasteiger partial charge in [0.05, 0.1) is 0 Å². The molecule has 0 bridgehead atoms. The smallest absolute Gasteiger partial charge is 0.0281 e. The van der Waals surface area contributed by atoms with E-state index in [1.165, 1.54) is 37.7 Å². The summed E-state index contributed by atoms with van der Waals surface area (Å²) in [5.41, 5.74) is 4.53. The number of hydrogen-bond donors (Lipinski definition) is 2. The van der Waals surface area contributed by atoms with Crippen LogP contribution < -0.4 is 11.3 Å². The molecular weight excluding hydrogens is 232 g/mol. The van der Waals surface area contributed by atoms with Crippen LogP contribution in [0.2, 0.25) is 0 Å². The second kappa shape index (κ2) is 7.06. The Bertz CT molecular complexity index is 359. The molecule has 1 aromatic rings. The van der Waals surface area contributed by atoms with E-state index < -0.39 is 0 Å². The minimum atomic E-state index is 0.401. The summed E-state index contributed by atoms with van der Waals surface area (Å²) < 4.78 is 0. The Morgan fingerprint density at radius 2 is 1.95 bits per heavy atom. The van der Waals surface area contributed by atoms with Crippen molar-refractivity contribution in [2.75, 3.05) is 0 Å². The number of rotatable bonds is 8. The summed E-state index contributed by atoms with van der Waals surface area (Å²) in [6.45, 7) is 4.62. The van der Waals surface area contributed by atoms with Crippen molar-refractivity contribution in [3.63, 3.8) is 0 Å². The summed E-state index contributed by atoms with van der Waals surface area (Å²) in [5.74, 6) is 8.01.